The summed E-state index contributed by atoms with van der Waals surface area (Å²) in [5.41, 5.74) is 5.29. The first-order valence-electron chi connectivity index (χ1n) is 12.1. The summed E-state index contributed by atoms with van der Waals surface area (Å²) in [6.07, 6.45) is 4.01. The van der Waals surface area contributed by atoms with Crippen LogP contribution in [0.5, 0.6) is 0 Å². The molecule has 0 saturated carbocycles. The minimum absolute atomic E-state index is 0.203. The number of nitrogens with zero attached hydrogens (tertiary/aromatic N) is 3. The fourth-order valence-electron chi connectivity index (χ4n) is 4.86. The van der Waals surface area contributed by atoms with Gasteiger partial charge in [-0.15, -0.1) is 0 Å². The Hall–Kier alpha value is -2.84. The van der Waals surface area contributed by atoms with Crippen LogP contribution in [0.2, 0.25) is 5.02 Å². The summed E-state index contributed by atoms with van der Waals surface area (Å²) < 4.78 is 14.0. The average molecular weight is 504 g/mol. The van der Waals surface area contributed by atoms with E-state index >= 15 is 0 Å². The van der Waals surface area contributed by atoms with E-state index in [2.05, 4.69) is 5.10 Å². The maximum absolute atomic E-state index is 12.8. The molecule has 2 aromatic heterocycles. The van der Waals surface area contributed by atoms with Crippen molar-refractivity contribution in [2.75, 3.05) is 13.7 Å². The summed E-state index contributed by atoms with van der Waals surface area (Å²) >= 11 is 6.77. The number of hydrogen-bond donors (Lipinski definition) is 1. The number of halogens is 1. The second-order valence-corrected chi connectivity index (χ2v) is 8.65. The quantitative estimate of drug-likeness (QED) is 0.366. The van der Waals surface area contributed by atoms with E-state index in [9.17, 15) is 14.7 Å². The average Bonchev–Trinajstić information content (AvgIpc) is 3.37. The molecular weight excluding hydrogens is 470 g/mol. The third kappa shape index (κ3) is 5.09. The smallest absolute Gasteiger partial charge is 0.354 e. The van der Waals surface area contributed by atoms with Crippen molar-refractivity contribution in [3.63, 3.8) is 0 Å². The summed E-state index contributed by atoms with van der Waals surface area (Å²) in [4.78, 5) is 23.9. The molecule has 8 nitrogen and oxygen atoms in total. The number of carbonyl (C=O) groups excluding carboxylic acids is 2. The van der Waals surface area contributed by atoms with Crippen molar-refractivity contribution in [3.05, 3.63) is 39.8 Å². The van der Waals surface area contributed by atoms with Gasteiger partial charge in [-0.2, -0.15) is 5.10 Å². The van der Waals surface area contributed by atoms with Crippen LogP contribution < -0.4 is 0 Å². The second-order valence-electron chi connectivity index (χ2n) is 8.25. The molecule has 0 aliphatic carbocycles. The van der Waals surface area contributed by atoms with E-state index in [0.717, 1.165) is 59.1 Å². The Morgan fingerprint density at radius 2 is 1.94 bits per heavy atom. The molecule has 35 heavy (non-hydrogen) atoms. The van der Waals surface area contributed by atoms with Gasteiger partial charge in [0.25, 0.3) is 0 Å². The monoisotopic (exact) mass is 503 g/mol. The van der Waals surface area contributed by atoms with E-state index in [0.29, 0.717) is 29.3 Å². The molecule has 3 aromatic rings. The molecule has 0 bridgehead atoms. The van der Waals surface area contributed by atoms with Crippen LogP contribution in [0, 0.1) is 0 Å². The Morgan fingerprint density at radius 3 is 2.60 bits per heavy atom. The lowest BCUT2D eigenvalue weighted by Crippen LogP contribution is -2.12. The summed E-state index contributed by atoms with van der Waals surface area (Å²) in [5, 5.41) is 16.1. The number of aromatic nitrogens is 3. The Balaban J connectivity index is 0.00000167. The van der Waals surface area contributed by atoms with Crippen molar-refractivity contribution in [2.45, 2.75) is 66.0 Å². The lowest BCUT2D eigenvalue weighted by molar-refractivity contribution is -0.141. The molecule has 0 saturated heterocycles. The first kappa shape index (κ1) is 26.8. The van der Waals surface area contributed by atoms with Crippen LogP contribution in [-0.4, -0.2) is 45.1 Å². The van der Waals surface area contributed by atoms with Gasteiger partial charge in [0.15, 0.2) is 0 Å². The van der Waals surface area contributed by atoms with Crippen molar-refractivity contribution in [1.29, 1.82) is 0 Å². The fraction of sp³-hybridized carbons (Fsp3) is 0.500. The van der Waals surface area contributed by atoms with E-state index in [1.165, 1.54) is 14.0 Å². The number of hydrogen-bond acceptors (Lipinski definition) is 6. The first-order valence-corrected chi connectivity index (χ1v) is 12.5. The van der Waals surface area contributed by atoms with Gasteiger partial charge < -0.3 is 19.1 Å². The van der Waals surface area contributed by atoms with Gasteiger partial charge in [0.05, 0.1) is 36.6 Å². The Morgan fingerprint density at radius 1 is 1.20 bits per heavy atom. The topological polar surface area (TPSA) is 95.6 Å². The predicted molar refractivity (Wildman–Crippen MR) is 136 cm³/mol. The summed E-state index contributed by atoms with van der Waals surface area (Å²) in [7, 11) is 3.17. The molecule has 190 valence electrons. The van der Waals surface area contributed by atoms with Gasteiger partial charge in [0.1, 0.15) is 5.69 Å². The van der Waals surface area contributed by atoms with Gasteiger partial charge >= 0.3 is 11.9 Å². The van der Waals surface area contributed by atoms with E-state index in [-0.39, 0.29) is 19.2 Å². The van der Waals surface area contributed by atoms with Gasteiger partial charge in [-0.05, 0) is 43.7 Å². The molecule has 0 spiro atoms. The number of aryl methyl sites for hydroxylation is 3. The van der Waals surface area contributed by atoms with E-state index in [1.54, 1.807) is 0 Å². The first-order chi connectivity index (χ1) is 16.9. The van der Waals surface area contributed by atoms with Crippen LogP contribution in [-0.2, 0) is 47.3 Å². The SMILES string of the molecule is CC.COC(=O)c1c(CCCOC(C)=O)c2ccc(Cl)c(-c3c(CO)nn4c3CCCC4)c2n1C. The van der Waals surface area contributed by atoms with Crippen LogP contribution in [0.25, 0.3) is 22.0 Å². The number of aliphatic hydroxyl groups excluding tert-OH is 1. The van der Waals surface area contributed by atoms with E-state index in [1.807, 2.05) is 42.3 Å². The number of carbonyl (C=O) groups is 2. The zero-order valence-corrected chi connectivity index (χ0v) is 21.9. The molecule has 0 unspecified atom stereocenters. The zero-order chi connectivity index (χ0) is 25.7. The number of benzene rings is 1. The summed E-state index contributed by atoms with van der Waals surface area (Å²) in [5.74, 6) is -0.782. The summed E-state index contributed by atoms with van der Waals surface area (Å²) in [6.45, 7) is 6.24. The molecule has 0 radical (unpaired) electrons. The highest BCUT2D eigenvalue weighted by atomic mass is 35.5. The maximum atomic E-state index is 12.8. The van der Waals surface area contributed by atoms with Crippen LogP contribution in [0.3, 0.4) is 0 Å². The number of fused-ring (bicyclic) bond motifs is 2. The third-order valence-electron chi connectivity index (χ3n) is 6.23. The zero-order valence-electron chi connectivity index (χ0n) is 21.1. The molecule has 1 N–H and O–H groups in total. The molecule has 4 rings (SSSR count). The van der Waals surface area contributed by atoms with Crippen molar-refractivity contribution >= 4 is 34.4 Å². The largest absolute Gasteiger partial charge is 0.466 e. The van der Waals surface area contributed by atoms with Gasteiger partial charge in [-0.1, -0.05) is 31.5 Å². The van der Waals surface area contributed by atoms with Crippen molar-refractivity contribution in [1.82, 2.24) is 14.3 Å². The van der Waals surface area contributed by atoms with Gasteiger partial charge in [0.2, 0.25) is 0 Å². The number of ether oxygens (including phenoxy) is 2. The van der Waals surface area contributed by atoms with Crippen LogP contribution in [0.4, 0.5) is 0 Å². The lowest BCUT2D eigenvalue weighted by atomic mass is 9.95. The Labute approximate surface area is 210 Å². The third-order valence-corrected chi connectivity index (χ3v) is 6.54. The minimum atomic E-state index is -0.447. The minimum Gasteiger partial charge on any atom is -0.466 e. The van der Waals surface area contributed by atoms with Crippen molar-refractivity contribution in [3.8, 4) is 11.1 Å². The number of esters is 2. The molecular formula is C26H34ClN3O5. The standard InChI is InChI=1S/C24H28ClN3O5.C2H6/c1-14(30)33-12-6-7-15-16-9-10-17(25)20(22(16)27(2)23(15)24(31)32-3)21-18(13-29)26-28-11-5-4-8-19(21)28;1-2/h9-10,29H,4-8,11-13H2,1-3H3;1-2H3. The normalized spacial score (nSPS) is 12.7. The molecule has 3 heterocycles. The lowest BCUT2D eigenvalue weighted by Gasteiger charge is -2.16. The molecule has 0 amide bonds. The Bertz CT molecular complexity index is 1230. The van der Waals surface area contributed by atoms with E-state index in [4.69, 9.17) is 21.1 Å². The van der Waals surface area contributed by atoms with Crippen LogP contribution in [0.1, 0.15) is 67.5 Å². The Kier molecular flexibility index (Phi) is 8.97. The number of aliphatic hydroxyl groups is 1. The highest BCUT2D eigenvalue weighted by molar-refractivity contribution is 6.35. The molecule has 1 aromatic carbocycles. The van der Waals surface area contributed by atoms with Gasteiger partial charge in [-0.3, -0.25) is 9.48 Å². The second kappa shape index (κ2) is 11.7. The highest BCUT2D eigenvalue weighted by Gasteiger charge is 2.29. The number of methoxy groups -OCH3 is 1. The van der Waals surface area contributed by atoms with Crippen molar-refractivity contribution < 1.29 is 24.2 Å². The molecule has 1 aliphatic rings. The molecule has 0 atom stereocenters. The van der Waals surface area contributed by atoms with Gasteiger partial charge in [0, 0.05) is 42.7 Å². The van der Waals surface area contributed by atoms with Gasteiger partial charge in [-0.25, -0.2) is 4.79 Å². The maximum Gasteiger partial charge on any atom is 0.354 e. The number of rotatable bonds is 7. The van der Waals surface area contributed by atoms with Crippen molar-refractivity contribution in [2.24, 2.45) is 7.05 Å². The molecule has 9 heteroatoms. The van der Waals surface area contributed by atoms with Crippen LogP contribution in [0.15, 0.2) is 12.1 Å². The molecule has 1 aliphatic heterocycles. The molecule has 0 fully saturated rings. The fourth-order valence-corrected chi connectivity index (χ4v) is 5.10. The predicted octanol–water partition coefficient (Wildman–Crippen LogP) is 4.83. The highest BCUT2D eigenvalue weighted by Crippen LogP contribution is 2.43. The summed E-state index contributed by atoms with van der Waals surface area (Å²) in [6, 6.07) is 3.73. The van der Waals surface area contributed by atoms with Crippen LogP contribution >= 0.6 is 11.6 Å². The van der Waals surface area contributed by atoms with E-state index < -0.39 is 5.97 Å².